The zero-order valence-electron chi connectivity index (χ0n) is 20.5. The Kier molecular flexibility index (Phi) is 7.60. The summed E-state index contributed by atoms with van der Waals surface area (Å²) in [6.45, 7) is 7.26. The number of hydrogen-bond acceptors (Lipinski definition) is 4. The van der Waals surface area contributed by atoms with Gasteiger partial charge in [-0.3, -0.25) is 14.4 Å². The molecular weight excluding hydrogens is 489 g/mol. The Hall–Kier alpha value is -2.35. The first-order valence-corrected chi connectivity index (χ1v) is 12.7. The number of aryl methyl sites for hydroxylation is 2. The standard InChI is InChI=1S/C26H31Cl2N3O4/c1-14-11-15(2)29-25(33)20(14)13-31-10-7-18-21(27)12-19(23(28)22(18)26(31)34)24(35-4)17-5-8-30(9-6-17)16(3)32/h11-12,17,24H,5-10,13H2,1-4H3,(H,29,33). The normalized spacial score (nSPS) is 17.5. The van der Waals surface area contributed by atoms with Gasteiger partial charge in [-0.05, 0) is 62.3 Å². The summed E-state index contributed by atoms with van der Waals surface area (Å²) in [5.74, 6) is -0.0213. The Balaban J connectivity index is 1.65. The molecule has 0 radical (unpaired) electrons. The summed E-state index contributed by atoms with van der Waals surface area (Å²) in [4.78, 5) is 44.2. The lowest BCUT2D eigenvalue weighted by molar-refractivity contribution is -0.131. The van der Waals surface area contributed by atoms with Crippen LogP contribution in [0.1, 0.15) is 64.2 Å². The summed E-state index contributed by atoms with van der Waals surface area (Å²) in [5.41, 5.74) is 3.83. The largest absolute Gasteiger partial charge is 0.376 e. The van der Waals surface area contributed by atoms with Crippen LogP contribution in [0.3, 0.4) is 0 Å². The van der Waals surface area contributed by atoms with Crippen LogP contribution in [0, 0.1) is 19.8 Å². The summed E-state index contributed by atoms with van der Waals surface area (Å²) >= 11 is 13.6. The van der Waals surface area contributed by atoms with E-state index < -0.39 is 0 Å². The van der Waals surface area contributed by atoms with E-state index >= 15 is 0 Å². The number of nitrogens with one attached hydrogen (secondary N) is 1. The van der Waals surface area contributed by atoms with Gasteiger partial charge in [0, 0.05) is 55.5 Å². The number of likely N-dealkylation sites (tertiary alicyclic amines) is 1. The number of piperidine rings is 1. The van der Waals surface area contributed by atoms with E-state index in [-0.39, 0.29) is 35.9 Å². The molecule has 1 aromatic carbocycles. The van der Waals surface area contributed by atoms with Crippen LogP contribution in [0.4, 0.5) is 0 Å². The van der Waals surface area contributed by atoms with E-state index in [0.29, 0.717) is 52.8 Å². The molecule has 1 atom stereocenters. The van der Waals surface area contributed by atoms with Crippen molar-refractivity contribution in [3.8, 4) is 0 Å². The summed E-state index contributed by atoms with van der Waals surface area (Å²) in [6, 6.07) is 3.73. The van der Waals surface area contributed by atoms with E-state index in [1.807, 2.05) is 30.9 Å². The fourth-order valence-corrected chi connectivity index (χ4v) is 6.04. The zero-order chi connectivity index (χ0) is 25.4. The first-order valence-electron chi connectivity index (χ1n) is 11.9. The predicted octanol–water partition coefficient (Wildman–Crippen LogP) is 4.44. The predicted molar refractivity (Wildman–Crippen MR) is 136 cm³/mol. The molecule has 2 amide bonds. The number of benzene rings is 1. The quantitative estimate of drug-likeness (QED) is 0.632. The minimum Gasteiger partial charge on any atom is -0.376 e. The van der Waals surface area contributed by atoms with Gasteiger partial charge in [-0.15, -0.1) is 0 Å². The smallest absolute Gasteiger partial charge is 0.256 e. The SMILES string of the molecule is COC(c1cc(Cl)c2c(c1Cl)C(=O)N(Cc1c(C)cc(C)[nH]c1=O)CC2)C1CCN(C(C)=O)CC1. The Morgan fingerprint density at radius 1 is 1.17 bits per heavy atom. The number of methoxy groups -OCH3 is 1. The van der Waals surface area contributed by atoms with Gasteiger partial charge in [0.25, 0.3) is 11.5 Å². The summed E-state index contributed by atoms with van der Waals surface area (Å²) in [6.07, 6.45) is 1.76. The number of carbonyl (C=O) groups excluding carboxylic acids is 2. The number of pyridine rings is 1. The fraction of sp³-hybridized carbons (Fsp3) is 0.500. The van der Waals surface area contributed by atoms with Crippen molar-refractivity contribution < 1.29 is 14.3 Å². The van der Waals surface area contributed by atoms with Gasteiger partial charge in [0.2, 0.25) is 5.91 Å². The summed E-state index contributed by atoms with van der Waals surface area (Å²) in [5, 5.41) is 0.856. The van der Waals surface area contributed by atoms with Crippen LogP contribution in [0.2, 0.25) is 10.0 Å². The third-order valence-corrected chi connectivity index (χ3v) is 8.04. The van der Waals surface area contributed by atoms with E-state index in [2.05, 4.69) is 4.98 Å². The molecule has 1 saturated heterocycles. The van der Waals surface area contributed by atoms with E-state index in [4.69, 9.17) is 27.9 Å². The molecule has 1 unspecified atom stereocenters. The number of halogens is 2. The number of fused-ring (bicyclic) bond motifs is 1. The molecule has 1 fully saturated rings. The maximum Gasteiger partial charge on any atom is 0.256 e. The lowest BCUT2D eigenvalue weighted by Gasteiger charge is -2.36. The monoisotopic (exact) mass is 519 g/mol. The van der Waals surface area contributed by atoms with Crippen molar-refractivity contribution in [2.75, 3.05) is 26.7 Å². The molecular formula is C26H31Cl2N3O4. The van der Waals surface area contributed by atoms with E-state index in [1.165, 1.54) is 0 Å². The highest BCUT2D eigenvalue weighted by Crippen LogP contribution is 2.42. The minimum atomic E-state index is -0.343. The van der Waals surface area contributed by atoms with Gasteiger partial charge >= 0.3 is 0 Å². The van der Waals surface area contributed by atoms with E-state index in [0.717, 1.165) is 29.7 Å². The first kappa shape index (κ1) is 25.7. The Morgan fingerprint density at radius 2 is 1.86 bits per heavy atom. The maximum atomic E-state index is 13.6. The number of H-pyrrole nitrogens is 1. The number of hydrogen-bond donors (Lipinski definition) is 1. The third kappa shape index (κ3) is 4.99. The van der Waals surface area contributed by atoms with Crippen LogP contribution < -0.4 is 5.56 Å². The molecule has 0 spiro atoms. The Labute approximate surface area is 215 Å². The summed E-state index contributed by atoms with van der Waals surface area (Å²) in [7, 11) is 1.63. The van der Waals surface area contributed by atoms with Crippen molar-refractivity contribution in [2.24, 2.45) is 5.92 Å². The molecule has 0 saturated carbocycles. The van der Waals surface area contributed by atoms with Crippen LogP contribution in [0.15, 0.2) is 16.9 Å². The molecule has 35 heavy (non-hydrogen) atoms. The number of rotatable bonds is 5. The molecule has 0 aliphatic carbocycles. The lowest BCUT2D eigenvalue weighted by atomic mass is 9.85. The number of amides is 2. The second kappa shape index (κ2) is 10.3. The van der Waals surface area contributed by atoms with Crippen molar-refractivity contribution in [1.29, 1.82) is 0 Å². The third-order valence-electron chi connectivity index (χ3n) is 7.29. The number of nitrogens with zero attached hydrogens (tertiary/aromatic N) is 2. The van der Waals surface area contributed by atoms with Crippen LogP contribution in [-0.4, -0.2) is 53.3 Å². The number of aromatic nitrogens is 1. The number of aromatic amines is 1. The Morgan fingerprint density at radius 3 is 2.46 bits per heavy atom. The topological polar surface area (TPSA) is 82.7 Å². The van der Waals surface area contributed by atoms with Crippen molar-refractivity contribution in [2.45, 2.75) is 52.7 Å². The minimum absolute atomic E-state index is 0.0700. The van der Waals surface area contributed by atoms with Gasteiger partial charge in [-0.2, -0.15) is 0 Å². The van der Waals surface area contributed by atoms with E-state index in [9.17, 15) is 14.4 Å². The second-order valence-corrected chi connectivity index (χ2v) is 10.3. The lowest BCUT2D eigenvalue weighted by Crippen LogP contribution is -2.40. The van der Waals surface area contributed by atoms with Crippen molar-refractivity contribution in [3.63, 3.8) is 0 Å². The van der Waals surface area contributed by atoms with Crippen molar-refractivity contribution in [3.05, 3.63) is 66.0 Å². The highest BCUT2D eigenvalue weighted by molar-refractivity contribution is 6.37. The van der Waals surface area contributed by atoms with Gasteiger partial charge in [-0.1, -0.05) is 23.2 Å². The molecule has 2 aliphatic heterocycles. The maximum absolute atomic E-state index is 13.6. The molecule has 2 aliphatic rings. The average molecular weight is 520 g/mol. The molecule has 188 valence electrons. The van der Waals surface area contributed by atoms with Gasteiger partial charge in [0.15, 0.2) is 0 Å². The van der Waals surface area contributed by atoms with Crippen LogP contribution in [0.25, 0.3) is 0 Å². The molecule has 0 bridgehead atoms. The molecule has 4 rings (SSSR count). The number of ether oxygens (including phenoxy) is 1. The Bertz CT molecular complexity index is 1220. The second-order valence-electron chi connectivity index (χ2n) is 9.53. The summed E-state index contributed by atoms with van der Waals surface area (Å²) < 4.78 is 5.88. The van der Waals surface area contributed by atoms with Gasteiger partial charge in [-0.25, -0.2) is 0 Å². The van der Waals surface area contributed by atoms with Crippen molar-refractivity contribution in [1.82, 2.24) is 14.8 Å². The average Bonchev–Trinajstić information content (AvgIpc) is 2.81. The first-order chi connectivity index (χ1) is 16.6. The van der Waals surface area contributed by atoms with Gasteiger partial charge in [0.1, 0.15) is 0 Å². The molecule has 9 heteroatoms. The zero-order valence-corrected chi connectivity index (χ0v) is 22.1. The highest BCUT2D eigenvalue weighted by Gasteiger charge is 2.35. The molecule has 1 N–H and O–H groups in total. The molecule has 1 aromatic heterocycles. The molecule has 2 aromatic rings. The van der Waals surface area contributed by atoms with Gasteiger partial charge in [0.05, 0.1) is 23.2 Å². The highest BCUT2D eigenvalue weighted by atomic mass is 35.5. The van der Waals surface area contributed by atoms with Crippen molar-refractivity contribution >= 4 is 35.0 Å². The van der Waals surface area contributed by atoms with E-state index in [1.54, 1.807) is 18.9 Å². The molecule has 7 nitrogen and oxygen atoms in total. The fourth-order valence-electron chi connectivity index (χ4n) is 5.37. The van der Waals surface area contributed by atoms with Crippen LogP contribution >= 0.6 is 23.2 Å². The van der Waals surface area contributed by atoms with Gasteiger partial charge < -0.3 is 19.5 Å². The van der Waals surface area contributed by atoms with Crippen LogP contribution in [-0.2, 0) is 22.5 Å². The molecule has 3 heterocycles. The van der Waals surface area contributed by atoms with Crippen LogP contribution in [0.5, 0.6) is 0 Å². The number of carbonyl (C=O) groups is 2.